The Bertz CT molecular complexity index is 1430. The van der Waals surface area contributed by atoms with E-state index in [1.807, 2.05) is 17.0 Å². The van der Waals surface area contributed by atoms with Gasteiger partial charge < -0.3 is 14.7 Å². The molecule has 1 amide bonds. The lowest BCUT2D eigenvalue weighted by molar-refractivity contribution is -0.0478. The Hall–Kier alpha value is -3.70. The number of pyridine rings is 1. The molecule has 7 rings (SSSR count). The van der Waals surface area contributed by atoms with Crippen LogP contribution in [0.3, 0.4) is 0 Å². The lowest BCUT2D eigenvalue weighted by Gasteiger charge is -2.43. The van der Waals surface area contributed by atoms with Gasteiger partial charge in [-0.3, -0.25) is 4.98 Å². The van der Waals surface area contributed by atoms with Crippen LogP contribution in [0.4, 0.5) is 4.79 Å². The highest BCUT2D eigenvalue weighted by atomic mass is 16.6. The zero-order valence-corrected chi connectivity index (χ0v) is 20.7. The van der Waals surface area contributed by atoms with E-state index >= 15 is 0 Å². The Labute approximate surface area is 216 Å². The van der Waals surface area contributed by atoms with Crippen LogP contribution in [0.5, 0.6) is 0 Å². The molecule has 2 unspecified atom stereocenters. The first-order valence-electron chi connectivity index (χ1n) is 13.3. The van der Waals surface area contributed by atoms with Crippen LogP contribution in [-0.4, -0.2) is 45.4 Å². The summed E-state index contributed by atoms with van der Waals surface area (Å²) in [5.41, 5.74) is 6.06. The lowest BCUT2D eigenvalue weighted by Crippen LogP contribution is -2.54. The van der Waals surface area contributed by atoms with Gasteiger partial charge in [0, 0.05) is 36.0 Å². The van der Waals surface area contributed by atoms with E-state index in [2.05, 4.69) is 71.7 Å². The number of ether oxygens (including phenoxy) is 1. The number of carbonyl (C=O) groups is 1. The summed E-state index contributed by atoms with van der Waals surface area (Å²) >= 11 is 0. The second-order valence-corrected chi connectivity index (χ2v) is 10.9. The van der Waals surface area contributed by atoms with E-state index in [1.165, 1.54) is 22.3 Å². The van der Waals surface area contributed by atoms with Crippen LogP contribution in [0.2, 0.25) is 0 Å². The number of hydrogen-bond acceptors (Lipinski definition) is 4. The van der Waals surface area contributed by atoms with Crippen LogP contribution in [0.15, 0.2) is 85.1 Å². The Kier molecular flexibility index (Phi) is 5.29. The van der Waals surface area contributed by atoms with E-state index < -0.39 is 5.60 Å². The van der Waals surface area contributed by atoms with E-state index in [4.69, 9.17) is 4.74 Å². The van der Waals surface area contributed by atoms with Crippen molar-refractivity contribution in [2.45, 2.75) is 55.7 Å². The number of fused-ring (bicyclic) bond motifs is 6. The maximum atomic E-state index is 13.4. The Balaban J connectivity index is 1.07. The molecule has 0 saturated carbocycles. The van der Waals surface area contributed by atoms with Gasteiger partial charge in [0.05, 0.1) is 11.1 Å². The summed E-state index contributed by atoms with van der Waals surface area (Å²) in [5.74, 6) is 0.0505. The molecule has 2 atom stereocenters. The van der Waals surface area contributed by atoms with Gasteiger partial charge in [-0.05, 0) is 59.6 Å². The van der Waals surface area contributed by atoms with Gasteiger partial charge in [-0.15, -0.1) is 0 Å². The summed E-state index contributed by atoms with van der Waals surface area (Å²) in [5, 5.41) is 12.8. The smallest absolute Gasteiger partial charge is 0.410 e. The fraction of sp³-hybridized carbons (Fsp3) is 0.312. The monoisotopic (exact) mass is 490 g/mol. The normalized spacial score (nSPS) is 24.2. The molecule has 186 valence electrons. The molecule has 0 radical (unpaired) electrons. The first kappa shape index (κ1) is 22.5. The molecule has 37 heavy (non-hydrogen) atoms. The minimum atomic E-state index is -0.849. The third-order valence-corrected chi connectivity index (χ3v) is 8.63. The third-order valence-electron chi connectivity index (χ3n) is 8.63. The molecule has 5 heteroatoms. The van der Waals surface area contributed by atoms with Gasteiger partial charge in [-0.1, -0.05) is 72.8 Å². The molecule has 1 aliphatic carbocycles. The molecule has 5 nitrogen and oxygen atoms in total. The molecule has 3 aliphatic rings. The van der Waals surface area contributed by atoms with Crippen molar-refractivity contribution in [1.82, 2.24) is 9.88 Å². The van der Waals surface area contributed by atoms with E-state index in [1.54, 1.807) is 6.20 Å². The van der Waals surface area contributed by atoms with Gasteiger partial charge in [0.25, 0.3) is 0 Å². The summed E-state index contributed by atoms with van der Waals surface area (Å²) in [4.78, 5) is 19.9. The number of benzene rings is 3. The van der Waals surface area contributed by atoms with Gasteiger partial charge in [-0.2, -0.15) is 0 Å². The Morgan fingerprint density at radius 1 is 0.892 bits per heavy atom. The molecule has 1 N–H and O–H groups in total. The predicted octanol–water partition coefficient (Wildman–Crippen LogP) is 6.08. The molecule has 2 fully saturated rings. The molecular weight excluding hydrogens is 460 g/mol. The summed E-state index contributed by atoms with van der Waals surface area (Å²) in [7, 11) is 0. The maximum absolute atomic E-state index is 13.4. The summed E-state index contributed by atoms with van der Waals surface area (Å²) in [6.45, 7) is 0.328. The first-order chi connectivity index (χ1) is 18.1. The van der Waals surface area contributed by atoms with Crippen molar-refractivity contribution < 1.29 is 14.6 Å². The molecule has 0 spiro atoms. The number of hydrogen-bond donors (Lipinski definition) is 1. The molecule has 2 aliphatic heterocycles. The zero-order valence-electron chi connectivity index (χ0n) is 20.7. The molecule has 1 aromatic heterocycles. The highest BCUT2D eigenvalue weighted by Crippen LogP contribution is 2.46. The minimum Gasteiger partial charge on any atom is -0.448 e. The van der Waals surface area contributed by atoms with E-state index in [-0.39, 0.29) is 24.1 Å². The third kappa shape index (κ3) is 3.80. The van der Waals surface area contributed by atoms with Gasteiger partial charge >= 0.3 is 6.09 Å². The number of piperidine rings is 1. The number of carbonyl (C=O) groups excluding carboxylic acids is 1. The van der Waals surface area contributed by atoms with Crippen LogP contribution in [-0.2, 0) is 11.2 Å². The van der Waals surface area contributed by atoms with E-state index in [9.17, 15) is 9.90 Å². The number of aliphatic hydroxyl groups is 1. The largest absolute Gasteiger partial charge is 0.448 e. The quantitative estimate of drug-likeness (QED) is 0.376. The zero-order chi connectivity index (χ0) is 25.0. The number of aromatic nitrogens is 1. The van der Waals surface area contributed by atoms with Gasteiger partial charge in [-0.25, -0.2) is 4.79 Å². The van der Waals surface area contributed by atoms with Crippen molar-refractivity contribution in [2.24, 2.45) is 0 Å². The van der Waals surface area contributed by atoms with Gasteiger partial charge in [0.2, 0.25) is 0 Å². The molecule has 4 aromatic rings. The highest BCUT2D eigenvalue weighted by Gasteiger charge is 2.50. The predicted molar refractivity (Wildman–Crippen MR) is 143 cm³/mol. The topological polar surface area (TPSA) is 62.7 Å². The van der Waals surface area contributed by atoms with Gasteiger partial charge in [0.1, 0.15) is 6.61 Å². The van der Waals surface area contributed by atoms with Crippen molar-refractivity contribution in [3.05, 3.63) is 102 Å². The maximum Gasteiger partial charge on any atom is 0.410 e. The molecular formula is C32H30N2O3. The fourth-order valence-corrected chi connectivity index (χ4v) is 7.10. The number of nitrogens with zero attached hydrogens (tertiary/aromatic N) is 2. The minimum absolute atomic E-state index is 0.00216. The fourth-order valence-electron chi connectivity index (χ4n) is 7.10. The number of para-hydroxylation sites is 1. The Morgan fingerprint density at radius 2 is 1.54 bits per heavy atom. The van der Waals surface area contributed by atoms with E-state index in [0.29, 0.717) is 25.9 Å². The average Bonchev–Trinajstić information content (AvgIpc) is 3.39. The second kappa shape index (κ2) is 8.70. The summed E-state index contributed by atoms with van der Waals surface area (Å²) in [6, 6.07) is 26.9. The highest BCUT2D eigenvalue weighted by molar-refractivity contribution is 5.82. The van der Waals surface area contributed by atoms with E-state index in [0.717, 1.165) is 29.3 Å². The average molecular weight is 491 g/mol. The van der Waals surface area contributed by atoms with Crippen molar-refractivity contribution in [3.8, 4) is 11.1 Å². The SMILES string of the molecule is O=C(OCC1c2ccccc2-c2ccccc21)N1C2CCC1CC(O)(Cc1cccc3cccnc13)C2. The first-order valence-corrected chi connectivity index (χ1v) is 13.3. The summed E-state index contributed by atoms with van der Waals surface area (Å²) < 4.78 is 6.00. The standard InChI is InChI=1S/C32H30N2O3/c35-31(37-20-29-27-12-3-1-10-25(27)26-11-2-4-13-28(26)29)34-23-14-15-24(34)19-32(36,18-23)17-22-8-5-7-21-9-6-16-33-30(21)22/h1-13,16,23-24,29,36H,14-15,17-20H2. The lowest BCUT2D eigenvalue weighted by atomic mass is 9.81. The van der Waals surface area contributed by atoms with Gasteiger partial charge in [0.15, 0.2) is 0 Å². The van der Waals surface area contributed by atoms with Crippen LogP contribution >= 0.6 is 0 Å². The molecule has 2 saturated heterocycles. The summed E-state index contributed by atoms with van der Waals surface area (Å²) in [6.07, 6.45) is 5.05. The van der Waals surface area contributed by atoms with Crippen LogP contribution < -0.4 is 0 Å². The van der Waals surface area contributed by atoms with Crippen molar-refractivity contribution in [3.63, 3.8) is 0 Å². The molecule has 3 aromatic carbocycles. The second-order valence-electron chi connectivity index (χ2n) is 10.9. The molecule has 3 heterocycles. The van der Waals surface area contributed by atoms with Crippen LogP contribution in [0.25, 0.3) is 22.0 Å². The van der Waals surface area contributed by atoms with Crippen LogP contribution in [0, 0.1) is 0 Å². The number of rotatable bonds is 4. The molecule has 2 bridgehead atoms. The van der Waals surface area contributed by atoms with Crippen molar-refractivity contribution in [2.75, 3.05) is 6.61 Å². The van der Waals surface area contributed by atoms with Crippen molar-refractivity contribution in [1.29, 1.82) is 0 Å². The van der Waals surface area contributed by atoms with Crippen LogP contribution in [0.1, 0.15) is 48.3 Å². The number of amides is 1. The van der Waals surface area contributed by atoms with Crippen molar-refractivity contribution >= 4 is 17.0 Å². The Morgan fingerprint density at radius 3 is 2.24 bits per heavy atom.